The lowest BCUT2D eigenvalue weighted by molar-refractivity contribution is 0.107. The zero-order valence-corrected chi connectivity index (χ0v) is 11.4. The molecule has 0 radical (unpaired) electrons. The number of aliphatic hydroxyl groups is 1. The third kappa shape index (κ3) is 6.05. The number of aryl methyl sites for hydroxylation is 1. The molecule has 0 fully saturated rings. The van der Waals surface area contributed by atoms with Crippen molar-refractivity contribution in [3.63, 3.8) is 0 Å². The van der Waals surface area contributed by atoms with E-state index in [9.17, 15) is 5.11 Å². The Labute approximate surface area is 113 Å². The minimum Gasteiger partial charge on any atom is -0.491 e. The summed E-state index contributed by atoms with van der Waals surface area (Å²) in [5.41, 5.74) is 1.22. The number of ether oxygens (including phenoxy) is 1. The number of hydrogen-bond acceptors (Lipinski definition) is 3. The van der Waals surface area contributed by atoms with E-state index in [0.29, 0.717) is 18.1 Å². The molecule has 0 aliphatic rings. The first kappa shape index (κ1) is 15.0. The molecule has 100 valence electrons. The van der Waals surface area contributed by atoms with E-state index in [1.165, 1.54) is 5.56 Å². The van der Waals surface area contributed by atoms with Crippen molar-refractivity contribution in [2.24, 2.45) is 0 Å². The second-order valence-corrected chi connectivity index (χ2v) is 4.65. The maximum absolute atomic E-state index is 9.69. The SMILES string of the molecule is C=C(Cl)CNCC(O)COc1cccc(CC)c1. The molecule has 1 unspecified atom stereocenters. The van der Waals surface area contributed by atoms with E-state index in [1.54, 1.807) is 0 Å². The summed E-state index contributed by atoms with van der Waals surface area (Å²) >= 11 is 5.60. The van der Waals surface area contributed by atoms with Crippen molar-refractivity contribution in [2.75, 3.05) is 19.7 Å². The molecule has 0 spiro atoms. The second-order valence-electron chi connectivity index (χ2n) is 4.11. The fourth-order valence-electron chi connectivity index (χ4n) is 1.48. The number of nitrogens with one attached hydrogen (secondary N) is 1. The predicted octanol–water partition coefficient (Wildman–Crippen LogP) is 2.33. The van der Waals surface area contributed by atoms with Crippen LogP contribution in [0.25, 0.3) is 0 Å². The lowest BCUT2D eigenvalue weighted by atomic mass is 10.2. The van der Waals surface area contributed by atoms with Crippen molar-refractivity contribution < 1.29 is 9.84 Å². The number of hydrogen-bond donors (Lipinski definition) is 2. The summed E-state index contributed by atoms with van der Waals surface area (Å²) in [6, 6.07) is 7.88. The maximum atomic E-state index is 9.69. The molecular weight excluding hydrogens is 250 g/mol. The van der Waals surface area contributed by atoms with E-state index in [1.807, 2.05) is 18.2 Å². The van der Waals surface area contributed by atoms with Crippen LogP contribution in [0.3, 0.4) is 0 Å². The smallest absolute Gasteiger partial charge is 0.119 e. The van der Waals surface area contributed by atoms with Gasteiger partial charge in [0.25, 0.3) is 0 Å². The van der Waals surface area contributed by atoms with Crippen LogP contribution in [0, 0.1) is 0 Å². The van der Waals surface area contributed by atoms with Crippen LogP contribution in [0.4, 0.5) is 0 Å². The molecule has 0 aromatic heterocycles. The van der Waals surface area contributed by atoms with Gasteiger partial charge in [-0.3, -0.25) is 0 Å². The van der Waals surface area contributed by atoms with Gasteiger partial charge in [-0.25, -0.2) is 0 Å². The van der Waals surface area contributed by atoms with E-state index in [2.05, 4.69) is 24.9 Å². The Hall–Kier alpha value is -1.03. The molecule has 4 heteroatoms. The van der Waals surface area contributed by atoms with Crippen molar-refractivity contribution in [1.29, 1.82) is 0 Å². The lowest BCUT2D eigenvalue weighted by Gasteiger charge is -2.13. The van der Waals surface area contributed by atoms with E-state index in [-0.39, 0.29) is 6.61 Å². The summed E-state index contributed by atoms with van der Waals surface area (Å²) < 4.78 is 5.52. The average molecular weight is 270 g/mol. The Morgan fingerprint density at radius 3 is 3.00 bits per heavy atom. The minimum absolute atomic E-state index is 0.259. The normalized spacial score (nSPS) is 12.2. The summed E-state index contributed by atoms with van der Waals surface area (Å²) in [5.74, 6) is 0.787. The molecule has 2 N–H and O–H groups in total. The van der Waals surface area contributed by atoms with Gasteiger partial charge in [0.05, 0.1) is 0 Å². The first-order valence-corrected chi connectivity index (χ1v) is 6.43. The maximum Gasteiger partial charge on any atom is 0.119 e. The van der Waals surface area contributed by atoms with Gasteiger partial charge in [0.15, 0.2) is 0 Å². The predicted molar refractivity (Wildman–Crippen MR) is 75.2 cm³/mol. The van der Waals surface area contributed by atoms with Crippen LogP contribution in [-0.4, -0.2) is 30.9 Å². The number of benzene rings is 1. The molecule has 3 nitrogen and oxygen atoms in total. The molecule has 1 rings (SSSR count). The number of halogens is 1. The van der Waals surface area contributed by atoms with Gasteiger partial charge < -0.3 is 15.2 Å². The quantitative estimate of drug-likeness (QED) is 0.761. The molecule has 0 aliphatic heterocycles. The van der Waals surface area contributed by atoms with Gasteiger partial charge in [-0.05, 0) is 24.1 Å². The van der Waals surface area contributed by atoms with Crippen LogP contribution in [0.5, 0.6) is 5.75 Å². The summed E-state index contributed by atoms with van der Waals surface area (Å²) in [5, 5.41) is 13.2. The fourth-order valence-corrected chi connectivity index (χ4v) is 1.58. The number of rotatable bonds is 8. The highest BCUT2D eigenvalue weighted by Crippen LogP contribution is 2.13. The Balaban J connectivity index is 2.28. The highest BCUT2D eigenvalue weighted by atomic mass is 35.5. The van der Waals surface area contributed by atoms with Crippen molar-refractivity contribution in [3.8, 4) is 5.75 Å². The second kappa shape index (κ2) is 8.14. The molecule has 1 atom stereocenters. The molecule has 1 aromatic carbocycles. The van der Waals surface area contributed by atoms with Gasteiger partial charge in [0, 0.05) is 18.1 Å². The summed E-state index contributed by atoms with van der Waals surface area (Å²) in [6.07, 6.45) is 0.408. The zero-order valence-electron chi connectivity index (χ0n) is 10.7. The molecule has 0 saturated heterocycles. The molecule has 0 saturated carbocycles. The molecule has 0 amide bonds. The third-order valence-electron chi connectivity index (χ3n) is 2.45. The van der Waals surface area contributed by atoms with Gasteiger partial charge in [-0.1, -0.05) is 37.2 Å². The van der Waals surface area contributed by atoms with Crippen molar-refractivity contribution in [2.45, 2.75) is 19.4 Å². The highest BCUT2D eigenvalue weighted by molar-refractivity contribution is 6.29. The average Bonchev–Trinajstić information content (AvgIpc) is 2.36. The van der Waals surface area contributed by atoms with Gasteiger partial charge in [-0.2, -0.15) is 0 Å². The fraction of sp³-hybridized carbons (Fsp3) is 0.429. The number of aliphatic hydroxyl groups excluding tert-OH is 1. The minimum atomic E-state index is -0.564. The summed E-state index contributed by atoms with van der Waals surface area (Å²) in [4.78, 5) is 0. The zero-order chi connectivity index (χ0) is 13.4. The standard InChI is InChI=1S/C14H20ClNO2/c1-3-12-5-4-6-14(7-12)18-10-13(17)9-16-8-11(2)15/h4-7,13,16-17H,2-3,8-10H2,1H3. The Kier molecular flexibility index (Phi) is 6.80. The Morgan fingerprint density at radius 2 is 2.33 bits per heavy atom. The Bertz CT molecular complexity index is 382. The van der Waals surface area contributed by atoms with E-state index in [0.717, 1.165) is 12.2 Å². The topological polar surface area (TPSA) is 41.5 Å². The first-order chi connectivity index (χ1) is 8.61. The van der Waals surface area contributed by atoms with Crippen LogP contribution in [0.1, 0.15) is 12.5 Å². The van der Waals surface area contributed by atoms with Crippen molar-refractivity contribution in [1.82, 2.24) is 5.32 Å². The van der Waals surface area contributed by atoms with Crippen LogP contribution in [0.2, 0.25) is 0 Å². The summed E-state index contributed by atoms with van der Waals surface area (Å²) in [6.45, 7) is 6.83. The van der Waals surface area contributed by atoms with E-state index in [4.69, 9.17) is 16.3 Å². The van der Waals surface area contributed by atoms with Crippen LogP contribution in [0.15, 0.2) is 35.9 Å². The molecule has 18 heavy (non-hydrogen) atoms. The molecule has 0 aliphatic carbocycles. The van der Waals surface area contributed by atoms with Crippen LogP contribution < -0.4 is 10.1 Å². The van der Waals surface area contributed by atoms with Crippen molar-refractivity contribution in [3.05, 3.63) is 41.4 Å². The monoisotopic (exact) mass is 269 g/mol. The summed E-state index contributed by atoms with van der Waals surface area (Å²) in [7, 11) is 0. The third-order valence-corrected chi connectivity index (χ3v) is 2.58. The van der Waals surface area contributed by atoms with Gasteiger partial charge in [0.1, 0.15) is 18.5 Å². The molecule has 0 bridgehead atoms. The van der Waals surface area contributed by atoms with Crippen LogP contribution in [-0.2, 0) is 6.42 Å². The lowest BCUT2D eigenvalue weighted by Crippen LogP contribution is -2.32. The van der Waals surface area contributed by atoms with Crippen LogP contribution >= 0.6 is 11.6 Å². The van der Waals surface area contributed by atoms with E-state index >= 15 is 0 Å². The highest BCUT2D eigenvalue weighted by Gasteiger charge is 2.05. The molecular formula is C14H20ClNO2. The van der Waals surface area contributed by atoms with E-state index < -0.39 is 6.10 Å². The van der Waals surface area contributed by atoms with Gasteiger partial charge in [0.2, 0.25) is 0 Å². The van der Waals surface area contributed by atoms with Crippen molar-refractivity contribution >= 4 is 11.6 Å². The molecule has 1 aromatic rings. The Morgan fingerprint density at radius 1 is 1.56 bits per heavy atom. The first-order valence-electron chi connectivity index (χ1n) is 6.05. The molecule has 0 heterocycles. The largest absolute Gasteiger partial charge is 0.491 e. The van der Waals surface area contributed by atoms with Gasteiger partial charge >= 0.3 is 0 Å². The van der Waals surface area contributed by atoms with Gasteiger partial charge in [-0.15, -0.1) is 0 Å².